The average molecular weight is 542 g/mol. The molecule has 1 aromatic heterocycles. The predicted octanol–water partition coefficient (Wildman–Crippen LogP) is 5.01. The number of rotatable bonds is 6. The molecule has 0 atom stereocenters. The first-order valence-corrected chi connectivity index (χ1v) is 12.5. The van der Waals surface area contributed by atoms with Gasteiger partial charge in [-0.25, -0.2) is 8.78 Å². The normalized spacial score (nSPS) is 14.9. The highest BCUT2D eigenvalue weighted by molar-refractivity contribution is 6.28. The van der Waals surface area contributed by atoms with Crippen LogP contribution in [0.5, 0.6) is 0 Å². The standard InChI is InChI=1S/C30H25F2N5O3/c1-19(2)37(23-11-8-20(31)9-12-23)28(38)18-35-14-15-36(22-6-4-3-5-7-22)30(40)25(29(35)39)17-27-24-13-10-21(32)16-26(24)33-34-27/h3-17,19H,18H2,1-2H3,(H,33,34)/b25-17+. The van der Waals surface area contributed by atoms with E-state index in [9.17, 15) is 23.2 Å². The molecule has 1 aliphatic heterocycles. The maximum atomic E-state index is 13.8. The first-order chi connectivity index (χ1) is 19.2. The van der Waals surface area contributed by atoms with Crippen LogP contribution in [0, 0.1) is 11.6 Å². The minimum absolute atomic E-state index is 0.239. The molecule has 10 heteroatoms. The Kier molecular flexibility index (Phi) is 7.24. The van der Waals surface area contributed by atoms with Gasteiger partial charge in [0.15, 0.2) is 0 Å². The van der Waals surface area contributed by atoms with Gasteiger partial charge < -0.3 is 9.80 Å². The molecule has 1 N–H and O–H groups in total. The predicted molar refractivity (Wildman–Crippen MR) is 148 cm³/mol. The van der Waals surface area contributed by atoms with Crippen LogP contribution in [0.3, 0.4) is 0 Å². The number of amides is 3. The van der Waals surface area contributed by atoms with Crippen LogP contribution in [0.4, 0.5) is 20.2 Å². The van der Waals surface area contributed by atoms with Crippen molar-refractivity contribution in [3.05, 3.63) is 108 Å². The SMILES string of the molecule is CC(C)N(C(=O)CN1C=CN(c2ccccc2)C(=O)/C(=C/c2n[nH]c3cc(F)ccc23)C1=O)c1ccc(F)cc1. The molecule has 2 heterocycles. The van der Waals surface area contributed by atoms with Gasteiger partial charge in [-0.15, -0.1) is 0 Å². The van der Waals surface area contributed by atoms with Gasteiger partial charge in [-0.2, -0.15) is 5.10 Å². The van der Waals surface area contributed by atoms with Gasteiger partial charge in [0.1, 0.15) is 23.8 Å². The van der Waals surface area contributed by atoms with E-state index >= 15 is 0 Å². The molecule has 0 spiro atoms. The first kappa shape index (κ1) is 26.5. The molecule has 4 aromatic rings. The summed E-state index contributed by atoms with van der Waals surface area (Å²) < 4.78 is 27.2. The van der Waals surface area contributed by atoms with Crippen LogP contribution in [-0.4, -0.2) is 45.4 Å². The number of hydrogen-bond acceptors (Lipinski definition) is 4. The summed E-state index contributed by atoms with van der Waals surface area (Å²) in [4.78, 5) is 44.9. The topological polar surface area (TPSA) is 89.6 Å². The fourth-order valence-electron chi connectivity index (χ4n) is 4.51. The van der Waals surface area contributed by atoms with E-state index in [-0.39, 0.29) is 23.9 Å². The number of carbonyl (C=O) groups is 3. The number of anilines is 2. The van der Waals surface area contributed by atoms with Crippen LogP contribution in [0.25, 0.3) is 17.0 Å². The maximum Gasteiger partial charge on any atom is 0.268 e. The Morgan fingerprint density at radius 3 is 2.35 bits per heavy atom. The van der Waals surface area contributed by atoms with Gasteiger partial charge in [0, 0.05) is 35.2 Å². The Labute approximate surface area is 228 Å². The molecule has 3 aromatic carbocycles. The second-order valence-electron chi connectivity index (χ2n) is 9.43. The molecule has 0 unspecified atom stereocenters. The minimum Gasteiger partial charge on any atom is -0.308 e. The van der Waals surface area contributed by atoms with Crippen LogP contribution in [0.15, 0.2) is 90.8 Å². The van der Waals surface area contributed by atoms with Crippen LogP contribution in [0.2, 0.25) is 0 Å². The van der Waals surface area contributed by atoms with Crippen LogP contribution in [-0.2, 0) is 14.4 Å². The number of aromatic nitrogens is 2. The Bertz CT molecular complexity index is 1650. The zero-order valence-electron chi connectivity index (χ0n) is 21.7. The zero-order valence-corrected chi connectivity index (χ0v) is 21.7. The number of para-hydroxylation sites is 1. The first-order valence-electron chi connectivity index (χ1n) is 12.5. The summed E-state index contributed by atoms with van der Waals surface area (Å²) in [5.74, 6) is -2.67. The Hall–Kier alpha value is -5.12. The number of nitrogens with one attached hydrogen (secondary N) is 1. The molecule has 1 aliphatic rings. The molecule has 40 heavy (non-hydrogen) atoms. The highest BCUT2D eigenvalue weighted by Gasteiger charge is 2.33. The molecule has 8 nitrogen and oxygen atoms in total. The lowest BCUT2D eigenvalue weighted by Crippen LogP contribution is -2.44. The minimum atomic E-state index is -0.714. The van der Waals surface area contributed by atoms with Crippen molar-refractivity contribution in [2.75, 3.05) is 16.3 Å². The van der Waals surface area contributed by atoms with Crippen molar-refractivity contribution in [2.24, 2.45) is 0 Å². The number of fused-ring (bicyclic) bond motifs is 1. The molecule has 202 valence electrons. The van der Waals surface area contributed by atoms with Gasteiger partial charge in [0.2, 0.25) is 5.91 Å². The molecule has 0 saturated heterocycles. The second kappa shape index (κ2) is 10.9. The van der Waals surface area contributed by atoms with E-state index in [1.165, 1.54) is 70.7 Å². The number of carbonyl (C=O) groups excluding carboxylic acids is 3. The van der Waals surface area contributed by atoms with Gasteiger partial charge in [0.05, 0.1) is 11.2 Å². The monoisotopic (exact) mass is 541 g/mol. The lowest BCUT2D eigenvalue weighted by molar-refractivity contribution is -0.131. The van der Waals surface area contributed by atoms with Gasteiger partial charge in [-0.3, -0.25) is 24.4 Å². The third-order valence-corrected chi connectivity index (χ3v) is 6.40. The third-order valence-electron chi connectivity index (χ3n) is 6.40. The summed E-state index contributed by atoms with van der Waals surface area (Å²) in [5, 5.41) is 7.40. The van der Waals surface area contributed by atoms with Gasteiger partial charge in [0.25, 0.3) is 11.8 Å². The number of halogens is 2. The number of nitrogens with zero attached hydrogens (tertiary/aromatic N) is 4. The quantitative estimate of drug-likeness (QED) is 0.275. The number of H-pyrrole nitrogens is 1. The van der Waals surface area contributed by atoms with E-state index in [2.05, 4.69) is 10.2 Å². The number of hydrogen-bond donors (Lipinski definition) is 1. The summed E-state index contributed by atoms with van der Waals surface area (Å²) >= 11 is 0. The van der Waals surface area contributed by atoms with Gasteiger partial charge in [-0.05, 0) is 74.5 Å². The highest BCUT2D eigenvalue weighted by atomic mass is 19.1. The van der Waals surface area contributed by atoms with Gasteiger partial charge in [-0.1, -0.05) is 18.2 Å². The molecule has 5 rings (SSSR count). The summed E-state index contributed by atoms with van der Waals surface area (Å²) in [6.07, 6.45) is 4.15. The average Bonchev–Trinajstić information content (AvgIpc) is 3.29. The summed E-state index contributed by atoms with van der Waals surface area (Å²) in [6, 6.07) is 18.0. The summed E-state index contributed by atoms with van der Waals surface area (Å²) in [6.45, 7) is 3.22. The molecule has 0 fully saturated rings. The molecular weight excluding hydrogens is 516 g/mol. The van der Waals surface area contributed by atoms with Crippen molar-refractivity contribution in [3.63, 3.8) is 0 Å². The Morgan fingerprint density at radius 1 is 0.950 bits per heavy atom. The third kappa shape index (κ3) is 5.24. The van der Waals surface area contributed by atoms with Crippen LogP contribution >= 0.6 is 0 Å². The fourth-order valence-corrected chi connectivity index (χ4v) is 4.51. The summed E-state index contributed by atoms with van der Waals surface area (Å²) in [5.41, 5.74) is 1.41. The van der Waals surface area contributed by atoms with Crippen molar-refractivity contribution in [3.8, 4) is 0 Å². The second-order valence-corrected chi connectivity index (χ2v) is 9.43. The lowest BCUT2D eigenvalue weighted by atomic mass is 10.1. The molecule has 0 bridgehead atoms. The van der Waals surface area contributed by atoms with E-state index < -0.39 is 29.4 Å². The number of benzene rings is 3. The molecule has 0 aliphatic carbocycles. The summed E-state index contributed by atoms with van der Waals surface area (Å²) in [7, 11) is 0. The fraction of sp³-hybridized carbons (Fsp3) is 0.133. The van der Waals surface area contributed by atoms with Gasteiger partial charge >= 0.3 is 0 Å². The highest BCUT2D eigenvalue weighted by Crippen LogP contribution is 2.26. The van der Waals surface area contributed by atoms with Crippen LogP contribution in [0.1, 0.15) is 19.5 Å². The van der Waals surface area contributed by atoms with Crippen molar-refractivity contribution in [2.45, 2.75) is 19.9 Å². The Balaban J connectivity index is 1.54. The zero-order chi connectivity index (χ0) is 28.4. The van der Waals surface area contributed by atoms with Crippen molar-refractivity contribution in [1.29, 1.82) is 0 Å². The van der Waals surface area contributed by atoms with E-state index in [0.29, 0.717) is 22.3 Å². The van der Waals surface area contributed by atoms with E-state index in [4.69, 9.17) is 0 Å². The van der Waals surface area contributed by atoms with Crippen LogP contribution < -0.4 is 9.80 Å². The van der Waals surface area contributed by atoms with Crippen molar-refractivity contribution in [1.82, 2.24) is 15.1 Å². The largest absolute Gasteiger partial charge is 0.308 e. The lowest BCUT2D eigenvalue weighted by Gasteiger charge is -2.29. The molecular formula is C30H25F2N5O3. The van der Waals surface area contributed by atoms with Crippen molar-refractivity contribution >= 4 is 46.1 Å². The smallest absolute Gasteiger partial charge is 0.268 e. The van der Waals surface area contributed by atoms with E-state index in [1.807, 2.05) is 0 Å². The number of aromatic amines is 1. The van der Waals surface area contributed by atoms with E-state index in [1.54, 1.807) is 44.2 Å². The molecule has 0 saturated carbocycles. The maximum absolute atomic E-state index is 13.8. The molecule has 0 radical (unpaired) electrons. The Morgan fingerprint density at radius 2 is 1.65 bits per heavy atom. The molecule has 3 amide bonds. The van der Waals surface area contributed by atoms with E-state index in [0.717, 1.165) is 4.90 Å². The van der Waals surface area contributed by atoms with Crippen molar-refractivity contribution < 1.29 is 23.2 Å².